The minimum Gasteiger partial charge on any atom is -0.308 e. The molecule has 0 aromatic heterocycles. The Labute approximate surface area is 124 Å². The lowest BCUT2D eigenvalue weighted by Gasteiger charge is -2.07. The van der Waals surface area contributed by atoms with Crippen LogP contribution in [0.3, 0.4) is 0 Å². The van der Waals surface area contributed by atoms with E-state index in [2.05, 4.69) is 33.2 Å². The molecule has 0 atom stereocenters. The van der Waals surface area contributed by atoms with E-state index >= 15 is 0 Å². The van der Waals surface area contributed by atoms with Gasteiger partial charge in [-0.25, -0.2) is 4.79 Å². The first-order valence-corrected chi connectivity index (χ1v) is 6.59. The molecule has 4 nitrogen and oxygen atoms in total. The van der Waals surface area contributed by atoms with Crippen LogP contribution in [-0.4, -0.2) is 6.03 Å². The van der Waals surface area contributed by atoms with Crippen molar-refractivity contribution in [2.24, 2.45) is 0 Å². The van der Waals surface area contributed by atoms with Gasteiger partial charge in [-0.1, -0.05) is 6.07 Å². The van der Waals surface area contributed by atoms with E-state index in [4.69, 9.17) is 5.26 Å². The summed E-state index contributed by atoms with van der Waals surface area (Å²) in [6.45, 7) is 0. The fourth-order valence-electron chi connectivity index (χ4n) is 1.49. The number of rotatable bonds is 2. The van der Waals surface area contributed by atoms with Crippen LogP contribution in [-0.2, 0) is 0 Å². The molecule has 5 heteroatoms. The fraction of sp³-hybridized carbons (Fsp3) is 0. The standard InChI is InChI=1S/C14H10IN3O/c15-11-2-1-3-13(8-11)18-14(19)17-12-6-4-10(9-16)5-7-12/h1-8H,(H2,17,18,19). The van der Waals surface area contributed by atoms with Crippen LogP contribution in [0.5, 0.6) is 0 Å². The van der Waals surface area contributed by atoms with Gasteiger partial charge in [0.2, 0.25) is 0 Å². The van der Waals surface area contributed by atoms with Gasteiger partial charge < -0.3 is 10.6 Å². The largest absolute Gasteiger partial charge is 0.323 e. The van der Waals surface area contributed by atoms with E-state index in [-0.39, 0.29) is 6.03 Å². The Balaban J connectivity index is 1.99. The summed E-state index contributed by atoms with van der Waals surface area (Å²) in [4.78, 5) is 11.8. The third-order valence-electron chi connectivity index (χ3n) is 2.35. The summed E-state index contributed by atoms with van der Waals surface area (Å²) in [5, 5.41) is 14.1. The number of urea groups is 1. The predicted molar refractivity (Wildman–Crippen MR) is 83.0 cm³/mol. The molecule has 0 spiro atoms. The van der Waals surface area contributed by atoms with Crippen molar-refractivity contribution in [1.29, 1.82) is 5.26 Å². The Kier molecular flexibility index (Phi) is 4.36. The molecule has 0 radical (unpaired) electrons. The number of anilines is 2. The molecule has 2 aromatic carbocycles. The number of amides is 2. The molecular weight excluding hydrogens is 353 g/mol. The summed E-state index contributed by atoms with van der Waals surface area (Å²) >= 11 is 2.18. The molecule has 0 saturated carbocycles. The highest BCUT2D eigenvalue weighted by molar-refractivity contribution is 14.1. The third-order valence-corrected chi connectivity index (χ3v) is 3.03. The minimum atomic E-state index is -0.313. The topological polar surface area (TPSA) is 64.9 Å². The number of nitriles is 1. The van der Waals surface area contributed by atoms with Crippen LogP contribution in [0.2, 0.25) is 0 Å². The zero-order valence-electron chi connectivity index (χ0n) is 9.85. The summed E-state index contributed by atoms with van der Waals surface area (Å²) in [7, 11) is 0. The highest BCUT2D eigenvalue weighted by atomic mass is 127. The molecule has 0 saturated heterocycles. The molecule has 94 valence electrons. The number of carbonyl (C=O) groups is 1. The summed E-state index contributed by atoms with van der Waals surface area (Å²) in [5.41, 5.74) is 1.93. The van der Waals surface area contributed by atoms with Gasteiger partial charge in [-0.2, -0.15) is 5.26 Å². The Bertz CT molecular complexity index is 632. The number of nitrogens with one attached hydrogen (secondary N) is 2. The molecule has 2 aromatic rings. The Hall–Kier alpha value is -2.07. The maximum Gasteiger partial charge on any atom is 0.323 e. The van der Waals surface area contributed by atoms with Gasteiger partial charge >= 0.3 is 6.03 Å². The summed E-state index contributed by atoms with van der Waals surface area (Å²) in [6, 6.07) is 15.9. The number of nitrogens with zero attached hydrogens (tertiary/aromatic N) is 1. The van der Waals surface area contributed by atoms with E-state index in [1.54, 1.807) is 24.3 Å². The predicted octanol–water partition coefficient (Wildman–Crippen LogP) is 3.81. The molecule has 19 heavy (non-hydrogen) atoms. The van der Waals surface area contributed by atoms with Gasteiger partial charge in [-0.05, 0) is 65.1 Å². The molecule has 0 fully saturated rings. The van der Waals surface area contributed by atoms with Crippen LogP contribution >= 0.6 is 22.6 Å². The minimum absolute atomic E-state index is 0.313. The first-order chi connectivity index (χ1) is 9.17. The van der Waals surface area contributed by atoms with E-state index in [0.717, 1.165) is 9.26 Å². The van der Waals surface area contributed by atoms with Crippen molar-refractivity contribution in [2.75, 3.05) is 10.6 Å². The smallest absolute Gasteiger partial charge is 0.308 e. The van der Waals surface area contributed by atoms with E-state index in [1.807, 2.05) is 30.3 Å². The summed E-state index contributed by atoms with van der Waals surface area (Å²) in [6.07, 6.45) is 0. The van der Waals surface area contributed by atoms with Crippen molar-refractivity contribution in [3.63, 3.8) is 0 Å². The number of hydrogen-bond donors (Lipinski definition) is 2. The quantitative estimate of drug-likeness (QED) is 0.797. The van der Waals surface area contributed by atoms with Crippen LogP contribution in [0.25, 0.3) is 0 Å². The van der Waals surface area contributed by atoms with Crippen molar-refractivity contribution in [3.05, 3.63) is 57.7 Å². The molecule has 0 unspecified atom stereocenters. The molecule has 0 bridgehead atoms. The second-order valence-corrected chi connectivity index (χ2v) is 5.02. The molecule has 2 N–H and O–H groups in total. The zero-order chi connectivity index (χ0) is 13.7. The van der Waals surface area contributed by atoms with Gasteiger partial charge in [0.15, 0.2) is 0 Å². The molecular formula is C14H10IN3O. The lowest BCUT2D eigenvalue weighted by molar-refractivity contribution is 0.262. The molecule has 2 rings (SSSR count). The summed E-state index contributed by atoms with van der Waals surface area (Å²) in [5.74, 6) is 0. The van der Waals surface area contributed by atoms with Crippen molar-refractivity contribution >= 4 is 40.0 Å². The Morgan fingerprint density at radius 1 is 1.05 bits per heavy atom. The van der Waals surface area contributed by atoms with Crippen molar-refractivity contribution in [3.8, 4) is 6.07 Å². The number of benzene rings is 2. The summed E-state index contributed by atoms with van der Waals surface area (Å²) < 4.78 is 1.05. The third kappa shape index (κ3) is 3.96. The monoisotopic (exact) mass is 363 g/mol. The van der Waals surface area contributed by atoms with Crippen LogP contribution in [0, 0.1) is 14.9 Å². The van der Waals surface area contributed by atoms with Crippen LogP contribution in [0.1, 0.15) is 5.56 Å². The van der Waals surface area contributed by atoms with Gasteiger partial charge in [-0.15, -0.1) is 0 Å². The van der Waals surface area contributed by atoms with E-state index < -0.39 is 0 Å². The van der Waals surface area contributed by atoms with Gasteiger partial charge in [0, 0.05) is 14.9 Å². The molecule has 0 aliphatic rings. The normalized spacial score (nSPS) is 9.47. The van der Waals surface area contributed by atoms with Crippen LogP contribution < -0.4 is 10.6 Å². The van der Waals surface area contributed by atoms with Crippen molar-refractivity contribution in [1.82, 2.24) is 0 Å². The second kappa shape index (κ2) is 6.20. The molecule has 0 aliphatic carbocycles. The van der Waals surface area contributed by atoms with E-state index in [0.29, 0.717) is 11.3 Å². The van der Waals surface area contributed by atoms with Crippen LogP contribution in [0.4, 0.5) is 16.2 Å². The zero-order valence-corrected chi connectivity index (χ0v) is 12.0. The van der Waals surface area contributed by atoms with E-state index in [9.17, 15) is 4.79 Å². The SMILES string of the molecule is N#Cc1ccc(NC(=O)Nc2cccc(I)c2)cc1. The van der Waals surface area contributed by atoms with Crippen molar-refractivity contribution < 1.29 is 4.79 Å². The van der Waals surface area contributed by atoms with Gasteiger partial charge in [0.1, 0.15) is 0 Å². The average Bonchev–Trinajstić information content (AvgIpc) is 2.39. The number of halogens is 1. The first-order valence-electron chi connectivity index (χ1n) is 5.51. The Morgan fingerprint density at radius 3 is 2.37 bits per heavy atom. The fourth-order valence-corrected chi connectivity index (χ4v) is 2.03. The van der Waals surface area contributed by atoms with Crippen molar-refractivity contribution in [2.45, 2.75) is 0 Å². The first kappa shape index (κ1) is 13.4. The average molecular weight is 363 g/mol. The Morgan fingerprint density at radius 2 is 1.74 bits per heavy atom. The maximum absolute atomic E-state index is 11.8. The van der Waals surface area contributed by atoms with Gasteiger partial charge in [-0.3, -0.25) is 0 Å². The maximum atomic E-state index is 11.8. The number of carbonyl (C=O) groups excluding carboxylic acids is 1. The van der Waals surface area contributed by atoms with Gasteiger partial charge in [0.05, 0.1) is 11.6 Å². The molecule has 0 heterocycles. The lowest BCUT2D eigenvalue weighted by atomic mass is 10.2. The highest BCUT2D eigenvalue weighted by Gasteiger charge is 2.02. The lowest BCUT2D eigenvalue weighted by Crippen LogP contribution is -2.19. The van der Waals surface area contributed by atoms with Gasteiger partial charge in [0.25, 0.3) is 0 Å². The number of hydrogen-bond acceptors (Lipinski definition) is 2. The molecule has 0 aliphatic heterocycles. The highest BCUT2D eigenvalue weighted by Crippen LogP contribution is 2.13. The molecule has 2 amide bonds. The second-order valence-electron chi connectivity index (χ2n) is 3.78. The van der Waals surface area contributed by atoms with Crippen LogP contribution in [0.15, 0.2) is 48.5 Å². The van der Waals surface area contributed by atoms with E-state index in [1.165, 1.54) is 0 Å².